The van der Waals surface area contributed by atoms with Crippen LogP contribution >= 0.6 is 11.6 Å². The smallest absolute Gasteiger partial charge is 0.243 e. The van der Waals surface area contributed by atoms with Gasteiger partial charge in [-0.15, -0.1) is 0 Å². The quantitative estimate of drug-likeness (QED) is 0.394. The van der Waals surface area contributed by atoms with Crippen LogP contribution in [0.3, 0.4) is 0 Å². The van der Waals surface area contributed by atoms with Crippen molar-refractivity contribution in [3.05, 3.63) is 94.5 Å². The molecule has 3 aromatic carbocycles. The minimum Gasteiger partial charge on any atom is -0.325 e. The molecule has 0 spiro atoms. The second-order valence-corrected chi connectivity index (χ2v) is 10.4. The number of halogens is 1. The Labute approximate surface area is 201 Å². The summed E-state index contributed by atoms with van der Waals surface area (Å²) in [5.74, 6) is -0.418. The van der Waals surface area contributed by atoms with Crippen molar-refractivity contribution in [2.45, 2.75) is 44.6 Å². The summed E-state index contributed by atoms with van der Waals surface area (Å²) in [6.07, 6.45) is 3.22. The molecular weight excluding hydrogens is 456 g/mol. The molecule has 174 valence electrons. The van der Waals surface area contributed by atoms with Crippen LogP contribution in [0.15, 0.2) is 77.7 Å². The van der Waals surface area contributed by atoms with Crippen molar-refractivity contribution in [1.29, 1.82) is 0 Å². The lowest BCUT2D eigenvalue weighted by molar-refractivity contribution is -0.116. The van der Waals surface area contributed by atoms with Crippen molar-refractivity contribution in [2.75, 3.05) is 11.9 Å². The molecule has 1 N–H and O–H groups in total. The predicted octanol–water partition coefficient (Wildman–Crippen LogP) is 5.82. The van der Waals surface area contributed by atoms with Gasteiger partial charge in [0, 0.05) is 17.3 Å². The molecule has 0 heterocycles. The van der Waals surface area contributed by atoms with Gasteiger partial charge in [0.1, 0.15) is 0 Å². The number of unbranched alkanes of at least 4 members (excludes halogenated alkanes) is 1. The maximum absolute atomic E-state index is 13.4. The van der Waals surface area contributed by atoms with Crippen LogP contribution in [0.2, 0.25) is 5.02 Å². The molecule has 3 aromatic rings. The number of carbonyl (C=O) groups excluding carboxylic acids is 1. The summed E-state index contributed by atoms with van der Waals surface area (Å²) in [7, 11) is -3.92. The summed E-state index contributed by atoms with van der Waals surface area (Å²) in [6, 6.07) is 21.3. The van der Waals surface area contributed by atoms with E-state index in [2.05, 4.69) is 12.2 Å². The van der Waals surface area contributed by atoms with Crippen LogP contribution in [-0.2, 0) is 27.8 Å². The van der Waals surface area contributed by atoms with Gasteiger partial charge in [-0.3, -0.25) is 4.79 Å². The maximum atomic E-state index is 13.4. The van der Waals surface area contributed by atoms with E-state index in [1.54, 1.807) is 48.5 Å². The lowest BCUT2D eigenvalue weighted by Crippen LogP contribution is -2.37. The van der Waals surface area contributed by atoms with E-state index in [9.17, 15) is 13.2 Å². The fraction of sp³-hybridized carbons (Fsp3) is 0.269. The molecule has 1 amide bonds. The Kier molecular flexibility index (Phi) is 8.67. The first-order chi connectivity index (χ1) is 15.8. The molecule has 3 rings (SSSR count). The van der Waals surface area contributed by atoms with Gasteiger partial charge in [-0.05, 0) is 61.2 Å². The molecule has 0 fully saturated rings. The van der Waals surface area contributed by atoms with Crippen LogP contribution in [0.5, 0.6) is 0 Å². The summed E-state index contributed by atoms with van der Waals surface area (Å²) in [6.45, 7) is 3.69. The minimum absolute atomic E-state index is 0.0146. The van der Waals surface area contributed by atoms with Gasteiger partial charge in [-0.25, -0.2) is 8.42 Å². The van der Waals surface area contributed by atoms with Gasteiger partial charge < -0.3 is 5.32 Å². The normalized spacial score (nSPS) is 11.5. The van der Waals surface area contributed by atoms with E-state index in [-0.39, 0.29) is 18.0 Å². The Hall–Kier alpha value is -2.67. The van der Waals surface area contributed by atoms with Crippen LogP contribution in [-0.4, -0.2) is 25.2 Å². The summed E-state index contributed by atoms with van der Waals surface area (Å²) < 4.78 is 27.9. The lowest BCUT2D eigenvalue weighted by atomic mass is 10.1. The molecule has 0 aliphatic carbocycles. The molecule has 33 heavy (non-hydrogen) atoms. The molecule has 0 aliphatic heterocycles. The SMILES string of the molecule is CCCCc1ccc(NC(=O)CN(Cc2ccccc2Cl)S(=O)(=O)c2ccc(C)cc2)cc1. The molecular formula is C26H29ClN2O3S. The van der Waals surface area contributed by atoms with E-state index in [0.29, 0.717) is 16.3 Å². The fourth-order valence-electron chi connectivity index (χ4n) is 3.40. The molecule has 5 nitrogen and oxygen atoms in total. The summed E-state index contributed by atoms with van der Waals surface area (Å²) >= 11 is 6.28. The third-order valence-corrected chi connectivity index (χ3v) is 7.51. The monoisotopic (exact) mass is 484 g/mol. The van der Waals surface area contributed by atoms with Crippen molar-refractivity contribution in [2.24, 2.45) is 0 Å². The average Bonchev–Trinajstić information content (AvgIpc) is 2.80. The van der Waals surface area contributed by atoms with E-state index in [1.165, 1.54) is 5.56 Å². The molecule has 0 atom stereocenters. The number of aryl methyl sites for hydroxylation is 2. The predicted molar refractivity (Wildman–Crippen MR) is 134 cm³/mol. The standard InChI is InChI=1S/C26H29ClN2O3S/c1-3-4-7-21-12-14-23(15-13-21)28-26(30)19-29(18-22-8-5-6-9-25(22)27)33(31,32)24-16-10-20(2)11-17-24/h5-6,8-17H,3-4,7,18-19H2,1-2H3,(H,28,30). The molecule has 0 aromatic heterocycles. The summed E-state index contributed by atoms with van der Waals surface area (Å²) in [5.41, 5.74) is 3.41. The Morgan fingerprint density at radius 2 is 1.64 bits per heavy atom. The van der Waals surface area contributed by atoms with Gasteiger partial charge in [0.15, 0.2) is 0 Å². The topological polar surface area (TPSA) is 66.5 Å². The summed E-state index contributed by atoms with van der Waals surface area (Å²) in [4.78, 5) is 13.0. The fourth-order valence-corrected chi connectivity index (χ4v) is 4.97. The number of amides is 1. The Bertz CT molecular complexity index is 1180. The Morgan fingerprint density at radius 1 is 0.970 bits per heavy atom. The zero-order valence-electron chi connectivity index (χ0n) is 18.9. The first-order valence-corrected chi connectivity index (χ1v) is 12.8. The molecule has 0 radical (unpaired) electrons. The van der Waals surface area contributed by atoms with Gasteiger partial charge in [0.05, 0.1) is 11.4 Å². The van der Waals surface area contributed by atoms with Crippen LogP contribution in [0, 0.1) is 6.92 Å². The van der Waals surface area contributed by atoms with E-state index < -0.39 is 15.9 Å². The van der Waals surface area contributed by atoms with Crippen LogP contribution in [0.25, 0.3) is 0 Å². The molecule has 0 unspecified atom stereocenters. The largest absolute Gasteiger partial charge is 0.325 e. The van der Waals surface area contributed by atoms with Crippen molar-refractivity contribution < 1.29 is 13.2 Å². The van der Waals surface area contributed by atoms with E-state index in [0.717, 1.165) is 29.1 Å². The van der Waals surface area contributed by atoms with Crippen LogP contribution in [0.4, 0.5) is 5.69 Å². The highest BCUT2D eigenvalue weighted by Gasteiger charge is 2.27. The second kappa shape index (κ2) is 11.5. The first-order valence-electron chi connectivity index (χ1n) is 11.0. The number of nitrogens with one attached hydrogen (secondary N) is 1. The Morgan fingerprint density at radius 3 is 2.27 bits per heavy atom. The lowest BCUT2D eigenvalue weighted by Gasteiger charge is -2.22. The number of nitrogens with zero attached hydrogens (tertiary/aromatic N) is 1. The molecule has 0 saturated heterocycles. The number of hydrogen-bond donors (Lipinski definition) is 1. The third kappa shape index (κ3) is 6.90. The first kappa shape index (κ1) is 25.0. The van der Waals surface area contributed by atoms with Crippen molar-refractivity contribution in [3.63, 3.8) is 0 Å². The second-order valence-electron chi connectivity index (χ2n) is 8.03. The molecule has 0 bridgehead atoms. The van der Waals surface area contributed by atoms with E-state index >= 15 is 0 Å². The van der Waals surface area contributed by atoms with Gasteiger partial charge in [-0.1, -0.05) is 73.0 Å². The maximum Gasteiger partial charge on any atom is 0.243 e. The number of anilines is 1. The summed E-state index contributed by atoms with van der Waals surface area (Å²) in [5, 5.41) is 3.26. The highest BCUT2D eigenvalue weighted by Crippen LogP contribution is 2.23. The van der Waals surface area contributed by atoms with Gasteiger partial charge in [0.2, 0.25) is 15.9 Å². The van der Waals surface area contributed by atoms with Crippen molar-refractivity contribution in [3.8, 4) is 0 Å². The number of rotatable bonds is 10. The number of sulfonamides is 1. The zero-order valence-corrected chi connectivity index (χ0v) is 20.5. The number of hydrogen-bond acceptors (Lipinski definition) is 3. The minimum atomic E-state index is -3.92. The van der Waals surface area contributed by atoms with Gasteiger partial charge in [-0.2, -0.15) is 4.31 Å². The molecule has 0 saturated carbocycles. The number of carbonyl (C=O) groups is 1. The van der Waals surface area contributed by atoms with Crippen LogP contribution in [0.1, 0.15) is 36.5 Å². The average molecular weight is 485 g/mol. The van der Waals surface area contributed by atoms with Gasteiger partial charge >= 0.3 is 0 Å². The highest BCUT2D eigenvalue weighted by atomic mass is 35.5. The third-order valence-electron chi connectivity index (χ3n) is 5.34. The van der Waals surface area contributed by atoms with Crippen molar-refractivity contribution in [1.82, 2.24) is 4.31 Å². The molecule has 7 heteroatoms. The van der Waals surface area contributed by atoms with Crippen molar-refractivity contribution >= 4 is 33.2 Å². The van der Waals surface area contributed by atoms with E-state index in [1.807, 2.05) is 31.2 Å². The highest BCUT2D eigenvalue weighted by molar-refractivity contribution is 7.89. The Balaban J connectivity index is 1.80. The van der Waals surface area contributed by atoms with E-state index in [4.69, 9.17) is 11.6 Å². The zero-order chi connectivity index (χ0) is 23.8. The van der Waals surface area contributed by atoms with Gasteiger partial charge in [0.25, 0.3) is 0 Å². The number of benzene rings is 3. The van der Waals surface area contributed by atoms with Crippen LogP contribution < -0.4 is 5.32 Å². The molecule has 0 aliphatic rings.